The van der Waals surface area contributed by atoms with E-state index in [1.165, 1.54) is 18.2 Å². The van der Waals surface area contributed by atoms with Crippen molar-refractivity contribution in [3.05, 3.63) is 204 Å². The second-order valence-corrected chi connectivity index (χ2v) is 36.3. The number of hydrogen-bond acceptors (Lipinski definition) is 17. The van der Waals surface area contributed by atoms with Gasteiger partial charge in [-0.1, -0.05) is 82.9 Å². The fraction of sp³-hybridized carbons (Fsp3) is 0.436. The first kappa shape index (κ1) is 90.5. The van der Waals surface area contributed by atoms with E-state index in [2.05, 4.69) is 144 Å². The van der Waals surface area contributed by atoms with Gasteiger partial charge in [-0.2, -0.15) is 27.1 Å². The first-order chi connectivity index (χ1) is 58.5. The van der Waals surface area contributed by atoms with E-state index >= 15 is 0 Å². The van der Waals surface area contributed by atoms with Gasteiger partial charge < -0.3 is 51.1 Å². The Balaban J connectivity index is 0.627. The van der Waals surface area contributed by atoms with Gasteiger partial charge in [0, 0.05) is 167 Å². The van der Waals surface area contributed by atoms with Crippen LogP contribution in [-0.4, -0.2) is 175 Å². The minimum atomic E-state index is -4.50. The second-order valence-electron chi connectivity index (χ2n) is 33.4. The highest BCUT2D eigenvalue weighted by Crippen LogP contribution is 2.49. The SMILES string of the molecule is CCN1CCN(c2ccc(C(=O)NC3(C(=O)N[C@@H](CCCCNC(=O)CCCN(C)c4ccc(N=Nc5ccc6nc7ccc(N(CC)CC)cc7[n+](-c7ccccc7)c6c5)cc4)C(=O)NCCNC(=O)CCCCCN4\C(=C/C=C/C=C/C5[NH+](CC)c6ccc(S(=O)(=O)O)cc6C5(C)C)C(C)(C)c5cc(S(=O)(=O)O)ccc54)CCCCC3)cc2)CC1. The number of benzene rings is 7. The van der Waals surface area contributed by atoms with Gasteiger partial charge in [-0.05, 0) is 213 Å². The third kappa shape index (κ3) is 21.8. The van der Waals surface area contributed by atoms with Crippen LogP contribution in [0.15, 0.2) is 208 Å². The first-order valence-electron chi connectivity index (χ1n) is 43.3. The molecule has 0 radical (unpaired) electrons. The van der Waals surface area contributed by atoms with Gasteiger partial charge in [0.15, 0.2) is 0 Å². The molecule has 122 heavy (non-hydrogen) atoms. The first-order valence-corrected chi connectivity index (χ1v) is 46.2. The average Bonchev–Trinajstić information content (AvgIpc) is 1.50. The zero-order valence-electron chi connectivity index (χ0n) is 72.0. The molecule has 4 heterocycles. The van der Waals surface area contributed by atoms with Gasteiger partial charge in [0.2, 0.25) is 40.3 Å². The standard InChI is InChI=1S/C94H119N15O11S2/c1-10-104-59-61-106(62-60-104)71-41-36-67(37-42-71)89(112)100-94(52-24-17-25-53-94)91(114)99-80(31-23-26-54-95-88(111)35-28-57-103(9)70-43-38-68(39-44-70)101-102-69-40-48-78-83(63-69)109(72-29-18-14-19-30-72)84-64-73(105(11-2)12-3)45-49-79(84)98-78)90(113)97-56-55-96-87(110)34-22-16-27-58-108-82-51-47-75(122(118,119)120)66-77(82)93(7,8)86(108)33-21-15-20-32-85-92(5,6)76-65-74(121(115,116)117)46-50-81(76)107(85)13-4/h14-15,18-21,29-30,32-33,36-51,63-66,80,85H,10-13,16-17,22-28,31,34-35,52-62H2,1-9H3,(H6-,95,96,97,99,100,110,111,112,113,114,115,116,117,118,119,120)/p+2/b21-15+,32-20+,86-33-/t80-,85?/m0/s1. The van der Waals surface area contributed by atoms with Gasteiger partial charge in [0.1, 0.15) is 34.3 Å². The smallest absolute Gasteiger partial charge is 0.294 e. The van der Waals surface area contributed by atoms with Crippen LogP contribution in [0.5, 0.6) is 0 Å². The number of nitrogens with zero attached hydrogens (tertiary/aromatic N) is 9. The van der Waals surface area contributed by atoms with E-state index in [0.29, 0.717) is 107 Å². The number of allylic oxidation sites excluding steroid dienone is 5. The van der Waals surface area contributed by atoms with Crippen molar-refractivity contribution in [3.63, 3.8) is 0 Å². The lowest BCUT2D eigenvalue weighted by atomic mass is 9.80. The number of quaternary nitrogens is 1. The highest BCUT2D eigenvalue weighted by atomic mass is 32.2. The molecular formula is C94H121N15O11S2+2. The van der Waals surface area contributed by atoms with Crippen LogP contribution in [0.4, 0.5) is 39.8 Å². The molecule has 8 aromatic rings. The summed E-state index contributed by atoms with van der Waals surface area (Å²) >= 11 is 0. The lowest BCUT2D eigenvalue weighted by molar-refractivity contribution is -0.848. The van der Waals surface area contributed by atoms with E-state index in [1.807, 2.05) is 118 Å². The number of unbranched alkanes of at least 4 members (excludes halogenated alkanes) is 3. The van der Waals surface area contributed by atoms with Crippen LogP contribution < -0.4 is 55.7 Å². The third-order valence-electron chi connectivity index (χ3n) is 24.8. The summed E-state index contributed by atoms with van der Waals surface area (Å²) < 4.78 is 71.2. The quantitative estimate of drug-likeness (QED) is 0.00445. The zero-order valence-corrected chi connectivity index (χ0v) is 73.6. The predicted octanol–water partition coefficient (Wildman–Crippen LogP) is 13.2. The van der Waals surface area contributed by atoms with Crippen LogP contribution in [-0.2, 0) is 50.2 Å². The molecule has 1 aliphatic carbocycles. The van der Waals surface area contributed by atoms with Crippen molar-refractivity contribution in [3.8, 4) is 5.69 Å². The summed E-state index contributed by atoms with van der Waals surface area (Å²) in [7, 11) is -6.91. The highest BCUT2D eigenvalue weighted by Gasteiger charge is 2.48. The van der Waals surface area contributed by atoms with Gasteiger partial charge in [-0.3, -0.25) is 38.0 Å². The molecular weight excluding hydrogens is 1580 g/mol. The van der Waals surface area contributed by atoms with Crippen molar-refractivity contribution >= 4 is 112 Å². The maximum atomic E-state index is 14.8. The Morgan fingerprint density at radius 2 is 1.27 bits per heavy atom. The fourth-order valence-electron chi connectivity index (χ4n) is 17.7. The van der Waals surface area contributed by atoms with E-state index in [-0.39, 0.29) is 59.5 Å². The molecule has 26 nitrogen and oxygen atoms in total. The third-order valence-corrected chi connectivity index (χ3v) is 26.5. The molecule has 3 aliphatic heterocycles. The number of likely N-dealkylation sites (N-methyl/N-ethyl adjacent to an activating group) is 2. The van der Waals surface area contributed by atoms with Crippen LogP contribution in [0, 0.1) is 0 Å². The number of piperazine rings is 1. The molecule has 5 amide bonds. The molecule has 1 saturated carbocycles. The number of para-hydroxylation sites is 1. The second kappa shape index (κ2) is 40.5. The minimum Gasteiger partial charge on any atom is -0.375 e. The van der Waals surface area contributed by atoms with Gasteiger partial charge in [0.05, 0.1) is 33.1 Å². The Bertz CT molecular complexity index is 5410. The van der Waals surface area contributed by atoms with Crippen molar-refractivity contribution in [2.24, 2.45) is 10.2 Å². The topological polar surface area (TPSA) is 316 Å². The Hall–Kier alpha value is -10.8. The summed E-state index contributed by atoms with van der Waals surface area (Å²) in [6, 6.07) is 46.4. The lowest BCUT2D eigenvalue weighted by Crippen LogP contribution is -3.10. The van der Waals surface area contributed by atoms with E-state index in [0.717, 1.165) is 137 Å². The number of azo groups is 1. The number of fused-ring (bicyclic) bond motifs is 4. The van der Waals surface area contributed by atoms with Crippen LogP contribution in [0.2, 0.25) is 0 Å². The minimum absolute atomic E-state index is 0.0516. The van der Waals surface area contributed by atoms with Crippen molar-refractivity contribution in [2.75, 3.05) is 112 Å². The molecule has 2 fully saturated rings. The summed E-state index contributed by atoms with van der Waals surface area (Å²) in [4.78, 5) is 87.3. The molecule has 1 aromatic heterocycles. The molecule has 4 aliphatic rings. The van der Waals surface area contributed by atoms with Crippen LogP contribution in [0.1, 0.15) is 167 Å². The number of hydrogen-bond donors (Lipinski definition) is 8. The number of carbonyl (C=O) groups is 5. The summed E-state index contributed by atoms with van der Waals surface area (Å²) in [5.74, 6) is -1.53. The maximum absolute atomic E-state index is 14.8. The van der Waals surface area contributed by atoms with E-state index in [9.17, 15) is 49.9 Å². The largest absolute Gasteiger partial charge is 0.375 e. The average molecular weight is 1700 g/mol. The number of anilines is 4. The van der Waals surface area contributed by atoms with Crippen molar-refractivity contribution in [2.45, 2.75) is 184 Å². The van der Waals surface area contributed by atoms with Gasteiger partial charge in [-0.15, -0.1) is 4.57 Å². The molecule has 8 N–H and O–H groups in total. The normalized spacial score (nSPS) is 17.6. The van der Waals surface area contributed by atoms with Crippen molar-refractivity contribution in [1.29, 1.82) is 0 Å². The summed E-state index contributed by atoms with van der Waals surface area (Å²) in [6.45, 7) is 25.6. The van der Waals surface area contributed by atoms with E-state index in [1.54, 1.807) is 30.3 Å². The molecule has 0 spiro atoms. The molecule has 648 valence electrons. The Labute approximate surface area is 718 Å². The number of rotatable bonds is 38. The van der Waals surface area contributed by atoms with Gasteiger partial charge in [0.25, 0.3) is 26.1 Å². The van der Waals surface area contributed by atoms with Crippen LogP contribution >= 0.6 is 0 Å². The molecule has 3 atom stereocenters. The zero-order chi connectivity index (χ0) is 86.9. The van der Waals surface area contributed by atoms with Gasteiger partial charge >= 0.3 is 0 Å². The Morgan fingerprint density at radius 1 is 0.639 bits per heavy atom. The van der Waals surface area contributed by atoms with Gasteiger partial charge in [-0.25, -0.2) is 4.98 Å². The summed E-state index contributed by atoms with van der Waals surface area (Å²) in [5.41, 5.74) is 11.4. The number of aromatic nitrogens is 2. The predicted molar refractivity (Wildman–Crippen MR) is 482 cm³/mol. The van der Waals surface area contributed by atoms with E-state index in [4.69, 9.17) is 4.98 Å². The highest BCUT2D eigenvalue weighted by molar-refractivity contribution is 7.86. The maximum Gasteiger partial charge on any atom is 0.294 e. The van der Waals surface area contributed by atoms with Crippen LogP contribution in [0.3, 0.4) is 0 Å². The monoisotopic (exact) mass is 1700 g/mol. The van der Waals surface area contributed by atoms with Crippen molar-refractivity contribution in [1.82, 2.24) is 36.5 Å². The number of nitrogens with one attached hydrogen (secondary N) is 6. The van der Waals surface area contributed by atoms with Crippen molar-refractivity contribution < 1.29 is 59.4 Å². The molecule has 28 heteroatoms. The molecule has 7 aromatic carbocycles. The molecule has 1 saturated heterocycles. The lowest BCUT2D eigenvalue weighted by Gasteiger charge is -2.38. The Kier molecular flexibility index (Phi) is 30.0. The Morgan fingerprint density at radius 3 is 1.95 bits per heavy atom. The summed E-state index contributed by atoms with van der Waals surface area (Å²) in [6.07, 6.45) is 17.3. The molecule has 2 unspecified atom stereocenters. The number of carbonyl (C=O) groups excluding carboxylic acids is 5. The van der Waals surface area contributed by atoms with Crippen LogP contribution in [0.25, 0.3) is 27.8 Å². The molecule has 0 bridgehead atoms. The van der Waals surface area contributed by atoms with E-state index < -0.39 is 54.5 Å². The molecule has 12 rings (SSSR count). The fourth-order valence-corrected chi connectivity index (χ4v) is 18.7. The summed E-state index contributed by atoms with van der Waals surface area (Å²) in [5, 5.41) is 24.4. The number of amides is 5.